The fourth-order valence-electron chi connectivity index (χ4n) is 3.58. The molecule has 3 rings (SSSR count). The van der Waals surface area contributed by atoms with E-state index >= 15 is 0 Å². The first-order valence-corrected chi connectivity index (χ1v) is 9.73. The molecule has 1 saturated carbocycles. The van der Waals surface area contributed by atoms with Crippen molar-refractivity contribution in [2.45, 2.75) is 40.2 Å². The van der Waals surface area contributed by atoms with Gasteiger partial charge >= 0.3 is 0 Å². The van der Waals surface area contributed by atoms with E-state index in [-0.39, 0.29) is 11.8 Å². The first-order valence-electron chi connectivity index (χ1n) is 9.73. The van der Waals surface area contributed by atoms with Gasteiger partial charge in [-0.05, 0) is 56.9 Å². The van der Waals surface area contributed by atoms with Crippen LogP contribution in [0.5, 0.6) is 0 Å². The molecule has 142 valence electrons. The zero-order chi connectivity index (χ0) is 19.4. The molecule has 0 aromatic heterocycles. The molecule has 2 aromatic rings. The second-order valence-corrected chi connectivity index (χ2v) is 7.28. The Balaban J connectivity index is 1.81. The maximum atomic E-state index is 13.4. The van der Waals surface area contributed by atoms with Crippen molar-refractivity contribution < 1.29 is 9.59 Å². The van der Waals surface area contributed by atoms with Crippen molar-refractivity contribution in [3.8, 4) is 0 Å². The molecule has 1 aliphatic rings. The molecule has 1 fully saturated rings. The summed E-state index contributed by atoms with van der Waals surface area (Å²) in [6.07, 6.45) is 1.27. The van der Waals surface area contributed by atoms with Crippen LogP contribution in [0.15, 0.2) is 54.6 Å². The summed E-state index contributed by atoms with van der Waals surface area (Å²) in [5.41, 5.74) is 2.17. The van der Waals surface area contributed by atoms with Crippen LogP contribution in [0.4, 0.5) is 5.69 Å². The fourth-order valence-corrected chi connectivity index (χ4v) is 3.58. The van der Waals surface area contributed by atoms with Crippen molar-refractivity contribution >= 4 is 17.5 Å². The van der Waals surface area contributed by atoms with E-state index in [2.05, 4.69) is 0 Å². The van der Waals surface area contributed by atoms with Crippen LogP contribution in [-0.4, -0.2) is 29.8 Å². The summed E-state index contributed by atoms with van der Waals surface area (Å²) >= 11 is 0. The molecule has 4 nitrogen and oxygen atoms in total. The number of carbonyl (C=O) groups is 2. The predicted molar refractivity (Wildman–Crippen MR) is 108 cm³/mol. The molecule has 0 N–H and O–H groups in total. The highest BCUT2D eigenvalue weighted by Gasteiger charge is 2.59. The molecular formula is C23H28N2O2. The third-order valence-corrected chi connectivity index (χ3v) is 5.33. The van der Waals surface area contributed by atoms with Gasteiger partial charge in [0.25, 0.3) is 0 Å². The Morgan fingerprint density at radius 1 is 0.926 bits per heavy atom. The number of benzene rings is 2. The topological polar surface area (TPSA) is 40.6 Å². The van der Waals surface area contributed by atoms with Gasteiger partial charge in [-0.25, -0.2) is 0 Å². The van der Waals surface area contributed by atoms with Crippen molar-refractivity contribution in [2.75, 3.05) is 18.0 Å². The van der Waals surface area contributed by atoms with Gasteiger partial charge in [0.1, 0.15) is 5.41 Å². The summed E-state index contributed by atoms with van der Waals surface area (Å²) in [4.78, 5) is 30.2. The van der Waals surface area contributed by atoms with Crippen LogP contribution in [0.1, 0.15) is 37.8 Å². The SMILES string of the molecule is CCN(Cc1ccccc1)C(=O)C1(C(=O)N(CC)c2cccc(C)c2)CC1. The van der Waals surface area contributed by atoms with Gasteiger partial charge in [-0.3, -0.25) is 9.59 Å². The van der Waals surface area contributed by atoms with Crippen LogP contribution in [0.25, 0.3) is 0 Å². The van der Waals surface area contributed by atoms with Crippen molar-refractivity contribution in [3.05, 3.63) is 65.7 Å². The summed E-state index contributed by atoms with van der Waals surface area (Å²) in [6.45, 7) is 7.64. The first kappa shape index (κ1) is 19.2. The van der Waals surface area contributed by atoms with Crippen LogP contribution < -0.4 is 4.90 Å². The minimum absolute atomic E-state index is 0.0371. The molecule has 2 amide bonds. The van der Waals surface area contributed by atoms with Gasteiger partial charge in [0.2, 0.25) is 11.8 Å². The molecule has 0 saturated heterocycles. The molecule has 4 heteroatoms. The van der Waals surface area contributed by atoms with E-state index in [0.717, 1.165) is 16.8 Å². The minimum Gasteiger partial charge on any atom is -0.338 e. The van der Waals surface area contributed by atoms with Gasteiger partial charge in [-0.15, -0.1) is 0 Å². The van der Waals surface area contributed by atoms with Crippen LogP contribution in [-0.2, 0) is 16.1 Å². The lowest BCUT2D eigenvalue weighted by molar-refractivity contribution is -0.143. The fraction of sp³-hybridized carbons (Fsp3) is 0.391. The normalized spacial score (nSPS) is 14.5. The number of aryl methyl sites for hydroxylation is 1. The van der Waals surface area contributed by atoms with E-state index in [1.54, 1.807) is 4.90 Å². The van der Waals surface area contributed by atoms with Crippen molar-refractivity contribution in [1.29, 1.82) is 0 Å². The summed E-state index contributed by atoms with van der Waals surface area (Å²) in [6, 6.07) is 17.9. The number of anilines is 1. The first-order chi connectivity index (χ1) is 13.0. The summed E-state index contributed by atoms with van der Waals surface area (Å²) in [5, 5.41) is 0. The van der Waals surface area contributed by atoms with E-state index in [1.807, 2.05) is 80.3 Å². The number of amides is 2. The standard InChI is InChI=1S/C23H28N2O2/c1-4-24(17-19-11-7-6-8-12-19)21(26)23(14-15-23)22(27)25(5-2)20-13-9-10-18(3)16-20/h6-13,16H,4-5,14-15,17H2,1-3H3. The highest BCUT2D eigenvalue weighted by molar-refractivity contribution is 6.14. The Labute approximate surface area is 161 Å². The van der Waals surface area contributed by atoms with Crippen LogP contribution in [0.3, 0.4) is 0 Å². The molecule has 1 aliphatic carbocycles. The van der Waals surface area contributed by atoms with Gasteiger partial charge in [0.05, 0.1) is 0 Å². The largest absolute Gasteiger partial charge is 0.338 e. The smallest absolute Gasteiger partial charge is 0.242 e. The molecular weight excluding hydrogens is 336 g/mol. The number of carbonyl (C=O) groups excluding carboxylic acids is 2. The molecule has 0 spiro atoms. The molecule has 0 aliphatic heterocycles. The third-order valence-electron chi connectivity index (χ3n) is 5.33. The van der Waals surface area contributed by atoms with Crippen LogP contribution in [0.2, 0.25) is 0 Å². The molecule has 27 heavy (non-hydrogen) atoms. The minimum atomic E-state index is -0.884. The lowest BCUT2D eigenvalue weighted by Gasteiger charge is -2.30. The van der Waals surface area contributed by atoms with E-state index < -0.39 is 5.41 Å². The van der Waals surface area contributed by atoms with Gasteiger partial charge in [0, 0.05) is 25.3 Å². The van der Waals surface area contributed by atoms with E-state index in [4.69, 9.17) is 0 Å². The van der Waals surface area contributed by atoms with Crippen LogP contribution >= 0.6 is 0 Å². The van der Waals surface area contributed by atoms with Gasteiger partial charge in [0.15, 0.2) is 0 Å². The lowest BCUT2D eigenvalue weighted by atomic mass is 10.0. The Kier molecular flexibility index (Phi) is 5.64. The highest BCUT2D eigenvalue weighted by atomic mass is 16.2. The van der Waals surface area contributed by atoms with Crippen molar-refractivity contribution in [1.82, 2.24) is 4.90 Å². The van der Waals surface area contributed by atoms with E-state index in [1.165, 1.54) is 0 Å². The molecule has 0 bridgehead atoms. The van der Waals surface area contributed by atoms with E-state index in [0.29, 0.717) is 32.5 Å². The maximum Gasteiger partial charge on any atom is 0.242 e. The summed E-state index contributed by atoms with van der Waals surface area (Å²) in [5.74, 6) is -0.0999. The number of nitrogens with zero attached hydrogens (tertiary/aromatic N) is 2. The van der Waals surface area contributed by atoms with E-state index in [9.17, 15) is 9.59 Å². The second-order valence-electron chi connectivity index (χ2n) is 7.28. The predicted octanol–water partition coefficient (Wildman–Crippen LogP) is 4.18. The monoisotopic (exact) mass is 364 g/mol. The zero-order valence-corrected chi connectivity index (χ0v) is 16.4. The number of hydrogen-bond acceptors (Lipinski definition) is 2. The van der Waals surface area contributed by atoms with Crippen molar-refractivity contribution in [3.63, 3.8) is 0 Å². The third kappa shape index (κ3) is 3.90. The van der Waals surface area contributed by atoms with Crippen LogP contribution in [0, 0.1) is 12.3 Å². The average Bonchev–Trinajstić information content (AvgIpc) is 3.49. The highest BCUT2D eigenvalue weighted by Crippen LogP contribution is 2.49. The second kappa shape index (κ2) is 7.95. The number of rotatable bonds is 7. The maximum absolute atomic E-state index is 13.4. The molecule has 2 aromatic carbocycles. The summed E-state index contributed by atoms with van der Waals surface area (Å²) in [7, 11) is 0. The molecule has 0 unspecified atom stereocenters. The molecule has 0 heterocycles. The average molecular weight is 364 g/mol. The van der Waals surface area contributed by atoms with Crippen molar-refractivity contribution in [2.24, 2.45) is 5.41 Å². The lowest BCUT2D eigenvalue weighted by Crippen LogP contribution is -2.47. The number of hydrogen-bond donors (Lipinski definition) is 0. The molecule has 0 radical (unpaired) electrons. The quantitative estimate of drug-likeness (QED) is 0.692. The Bertz CT molecular complexity index is 812. The Morgan fingerprint density at radius 3 is 2.19 bits per heavy atom. The Morgan fingerprint density at radius 2 is 1.63 bits per heavy atom. The van der Waals surface area contributed by atoms with Gasteiger partial charge < -0.3 is 9.80 Å². The van der Waals surface area contributed by atoms with Gasteiger partial charge in [-0.1, -0.05) is 42.5 Å². The summed E-state index contributed by atoms with van der Waals surface area (Å²) < 4.78 is 0. The molecule has 0 atom stereocenters. The zero-order valence-electron chi connectivity index (χ0n) is 16.4. The Hall–Kier alpha value is -2.62. The van der Waals surface area contributed by atoms with Gasteiger partial charge in [-0.2, -0.15) is 0 Å².